The molecule has 1 N–H and O–H groups in total. The monoisotopic (exact) mass is 398 g/mol. The van der Waals surface area contributed by atoms with Crippen LogP contribution in [0.15, 0.2) is 53.4 Å². The number of nitrogens with one attached hydrogen (secondary N) is 1. The van der Waals surface area contributed by atoms with Gasteiger partial charge in [-0.15, -0.1) is 0 Å². The van der Waals surface area contributed by atoms with Crippen LogP contribution >= 0.6 is 0 Å². The van der Waals surface area contributed by atoms with Crippen LogP contribution in [0.5, 0.6) is 0 Å². The summed E-state index contributed by atoms with van der Waals surface area (Å²) in [6.07, 6.45) is 7.36. The highest BCUT2D eigenvalue weighted by molar-refractivity contribution is 7.84. The Balaban J connectivity index is 1.62. The lowest BCUT2D eigenvalue weighted by Gasteiger charge is -2.31. The van der Waals surface area contributed by atoms with E-state index in [1.807, 2.05) is 11.9 Å². The Bertz CT molecular complexity index is 856. The number of anilines is 1. The number of rotatable bonds is 5. The maximum Gasteiger partial charge on any atom is 0.255 e. The van der Waals surface area contributed by atoms with Crippen LogP contribution in [0.3, 0.4) is 0 Å². The molecular formula is C22H26N2O3S. The maximum absolute atomic E-state index is 12.7. The zero-order valence-corrected chi connectivity index (χ0v) is 17.1. The van der Waals surface area contributed by atoms with E-state index in [2.05, 4.69) is 5.32 Å². The summed E-state index contributed by atoms with van der Waals surface area (Å²) in [6, 6.07) is 14.0. The Hall–Kier alpha value is -2.47. The fourth-order valence-electron chi connectivity index (χ4n) is 3.54. The predicted molar refractivity (Wildman–Crippen MR) is 112 cm³/mol. The van der Waals surface area contributed by atoms with Gasteiger partial charge in [-0.3, -0.25) is 13.8 Å². The molecule has 1 saturated carbocycles. The van der Waals surface area contributed by atoms with Crippen LogP contribution < -0.4 is 5.32 Å². The zero-order valence-electron chi connectivity index (χ0n) is 16.3. The lowest BCUT2D eigenvalue weighted by molar-refractivity contribution is 0.0696. The third kappa shape index (κ3) is 4.87. The minimum absolute atomic E-state index is 0.0212. The number of hydrogen-bond donors (Lipinski definition) is 1. The molecule has 6 heteroatoms. The van der Waals surface area contributed by atoms with Crippen LogP contribution in [0.25, 0.3) is 0 Å². The summed E-state index contributed by atoms with van der Waals surface area (Å²) < 4.78 is 11.4. The third-order valence-electron chi connectivity index (χ3n) is 5.28. The first-order valence-corrected chi connectivity index (χ1v) is 11.1. The molecule has 2 aromatic rings. The van der Waals surface area contributed by atoms with Crippen molar-refractivity contribution in [2.24, 2.45) is 0 Å². The molecule has 0 heterocycles. The first kappa shape index (κ1) is 20.3. The van der Waals surface area contributed by atoms with Gasteiger partial charge in [0.05, 0.1) is 0 Å². The van der Waals surface area contributed by atoms with Crippen molar-refractivity contribution in [3.05, 3.63) is 59.7 Å². The Morgan fingerprint density at radius 1 is 0.929 bits per heavy atom. The Morgan fingerprint density at radius 2 is 1.50 bits per heavy atom. The molecule has 0 saturated heterocycles. The van der Waals surface area contributed by atoms with Gasteiger partial charge in [0, 0.05) is 51.9 Å². The van der Waals surface area contributed by atoms with Gasteiger partial charge in [-0.1, -0.05) is 19.3 Å². The number of carbonyl (C=O) groups is 2. The summed E-state index contributed by atoms with van der Waals surface area (Å²) in [7, 11) is 0.807. The minimum Gasteiger partial charge on any atom is -0.339 e. The van der Waals surface area contributed by atoms with Gasteiger partial charge in [0.2, 0.25) is 0 Å². The Labute approximate surface area is 168 Å². The van der Waals surface area contributed by atoms with Crippen LogP contribution in [0, 0.1) is 0 Å². The van der Waals surface area contributed by atoms with E-state index in [1.54, 1.807) is 54.8 Å². The molecule has 0 aliphatic heterocycles. The second-order valence-electron chi connectivity index (χ2n) is 7.22. The number of carbonyl (C=O) groups excluding carboxylic acids is 2. The molecule has 1 atom stereocenters. The fraction of sp³-hybridized carbons (Fsp3) is 0.364. The minimum atomic E-state index is -1.07. The van der Waals surface area contributed by atoms with Crippen LogP contribution in [-0.4, -0.2) is 40.3 Å². The summed E-state index contributed by atoms with van der Waals surface area (Å²) in [4.78, 5) is 27.6. The molecule has 2 aromatic carbocycles. The van der Waals surface area contributed by atoms with E-state index >= 15 is 0 Å². The number of nitrogens with zero attached hydrogens (tertiary/aromatic N) is 1. The SMILES string of the molecule is CN(C(=O)c1ccc(NC(=O)c2ccc(S(C)=O)cc2)cc1)C1CCCCC1. The molecule has 0 radical (unpaired) electrons. The van der Waals surface area contributed by atoms with Crippen LogP contribution in [0.4, 0.5) is 5.69 Å². The van der Waals surface area contributed by atoms with Gasteiger partial charge < -0.3 is 10.2 Å². The van der Waals surface area contributed by atoms with Gasteiger partial charge in [0.15, 0.2) is 0 Å². The van der Waals surface area contributed by atoms with E-state index in [0.29, 0.717) is 27.8 Å². The summed E-state index contributed by atoms with van der Waals surface area (Å²) in [6.45, 7) is 0. The lowest BCUT2D eigenvalue weighted by Crippen LogP contribution is -2.38. The molecule has 0 spiro atoms. The predicted octanol–water partition coefficient (Wildman–Crippen LogP) is 4.08. The average Bonchev–Trinajstić information content (AvgIpc) is 2.74. The average molecular weight is 399 g/mol. The highest BCUT2D eigenvalue weighted by atomic mass is 32.2. The van der Waals surface area contributed by atoms with Crippen molar-refractivity contribution in [3.8, 4) is 0 Å². The molecule has 0 bridgehead atoms. The lowest BCUT2D eigenvalue weighted by atomic mass is 9.94. The quantitative estimate of drug-likeness (QED) is 0.825. The molecule has 1 aliphatic carbocycles. The van der Waals surface area contributed by atoms with Crippen molar-refractivity contribution in [3.63, 3.8) is 0 Å². The van der Waals surface area contributed by atoms with Crippen molar-refractivity contribution in [1.29, 1.82) is 0 Å². The van der Waals surface area contributed by atoms with Crippen molar-refractivity contribution in [2.45, 2.75) is 43.0 Å². The van der Waals surface area contributed by atoms with Gasteiger partial charge in [-0.25, -0.2) is 0 Å². The smallest absolute Gasteiger partial charge is 0.255 e. The molecule has 1 aliphatic rings. The van der Waals surface area contributed by atoms with E-state index in [9.17, 15) is 13.8 Å². The van der Waals surface area contributed by atoms with E-state index in [4.69, 9.17) is 0 Å². The third-order valence-corrected chi connectivity index (χ3v) is 6.22. The molecule has 1 unspecified atom stereocenters. The van der Waals surface area contributed by atoms with Crippen molar-refractivity contribution >= 4 is 28.3 Å². The van der Waals surface area contributed by atoms with Gasteiger partial charge in [-0.2, -0.15) is 0 Å². The first-order valence-electron chi connectivity index (χ1n) is 9.58. The molecule has 1 fully saturated rings. The van der Waals surface area contributed by atoms with Crippen LogP contribution in [0.2, 0.25) is 0 Å². The first-order chi connectivity index (χ1) is 13.5. The van der Waals surface area contributed by atoms with Crippen LogP contribution in [0.1, 0.15) is 52.8 Å². The number of benzene rings is 2. The van der Waals surface area contributed by atoms with E-state index < -0.39 is 10.8 Å². The second-order valence-corrected chi connectivity index (χ2v) is 8.60. The topological polar surface area (TPSA) is 66.5 Å². The summed E-state index contributed by atoms with van der Waals surface area (Å²) >= 11 is 0. The van der Waals surface area contributed by atoms with E-state index in [-0.39, 0.29) is 11.8 Å². The Morgan fingerprint density at radius 3 is 2.07 bits per heavy atom. The highest BCUT2D eigenvalue weighted by Gasteiger charge is 2.22. The number of amides is 2. The number of hydrogen-bond acceptors (Lipinski definition) is 3. The van der Waals surface area contributed by atoms with Crippen LogP contribution in [-0.2, 0) is 10.8 Å². The van der Waals surface area contributed by atoms with Crippen molar-refractivity contribution < 1.29 is 13.8 Å². The second kappa shape index (κ2) is 9.15. The summed E-state index contributed by atoms with van der Waals surface area (Å²) in [5, 5.41) is 2.83. The summed E-state index contributed by atoms with van der Waals surface area (Å²) in [5.41, 5.74) is 1.75. The van der Waals surface area contributed by atoms with Crippen molar-refractivity contribution in [1.82, 2.24) is 4.90 Å². The normalized spacial score (nSPS) is 15.6. The molecule has 5 nitrogen and oxygen atoms in total. The standard InChI is InChI=1S/C22H26N2O3S/c1-24(19-6-4-3-5-7-19)22(26)17-8-12-18(13-9-17)23-21(25)16-10-14-20(15-11-16)28(2)27/h8-15,19H,3-7H2,1-2H3,(H,23,25). The Kier molecular flexibility index (Phi) is 6.62. The van der Waals surface area contributed by atoms with Gasteiger partial charge in [-0.05, 0) is 61.4 Å². The van der Waals surface area contributed by atoms with Gasteiger partial charge in [0.25, 0.3) is 11.8 Å². The molecule has 2 amide bonds. The maximum atomic E-state index is 12.7. The molecular weight excluding hydrogens is 372 g/mol. The van der Waals surface area contributed by atoms with E-state index in [1.165, 1.54) is 19.3 Å². The highest BCUT2D eigenvalue weighted by Crippen LogP contribution is 2.23. The molecule has 0 aromatic heterocycles. The van der Waals surface area contributed by atoms with Gasteiger partial charge >= 0.3 is 0 Å². The summed E-state index contributed by atoms with van der Waals surface area (Å²) in [5.74, 6) is -0.222. The molecule has 3 rings (SSSR count). The van der Waals surface area contributed by atoms with E-state index in [0.717, 1.165) is 12.8 Å². The van der Waals surface area contributed by atoms with Gasteiger partial charge in [0.1, 0.15) is 0 Å². The zero-order chi connectivity index (χ0) is 20.1. The fourth-order valence-corrected chi connectivity index (χ4v) is 4.05. The molecule has 28 heavy (non-hydrogen) atoms. The molecule has 148 valence electrons. The largest absolute Gasteiger partial charge is 0.339 e. The van der Waals surface area contributed by atoms with Crippen molar-refractivity contribution in [2.75, 3.05) is 18.6 Å².